The third kappa shape index (κ3) is 2.88. The summed E-state index contributed by atoms with van der Waals surface area (Å²) in [5, 5.41) is 9.38. The van der Waals surface area contributed by atoms with Gasteiger partial charge in [0.15, 0.2) is 11.5 Å². The van der Waals surface area contributed by atoms with E-state index in [0.717, 1.165) is 5.56 Å². The number of aliphatic carboxylic acids is 1. The van der Waals surface area contributed by atoms with Crippen LogP contribution >= 0.6 is 11.6 Å². The molecule has 0 radical (unpaired) electrons. The Labute approximate surface area is 111 Å². The number of carboxylic acid groups (broad SMARTS) is 1. The predicted molar refractivity (Wildman–Crippen MR) is 70.0 cm³/mol. The van der Waals surface area contributed by atoms with E-state index in [1.807, 2.05) is 13.8 Å². The molecule has 0 aromatic heterocycles. The van der Waals surface area contributed by atoms with E-state index in [1.54, 1.807) is 6.07 Å². The van der Waals surface area contributed by atoms with E-state index in [0.29, 0.717) is 22.1 Å². The topological polar surface area (TPSA) is 55.8 Å². The van der Waals surface area contributed by atoms with Crippen LogP contribution in [-0.2, 0) is 11.2 Å². The third-order valence-electron chi connectivity index (χ3n) is 2.68. The first-order chi connectivity index (χ1) is 8.42. The van der Waals surface area contributed by atoms with E-state index in [2.05, 4.69) is 0 Å². The summed E-state index contributed by atoms with van der Waals surface area (Å²) in [5.41, 5.74) is 1.31. The first-order valence-corrected chi connectivity index (χ1v) is 5.95. The summed E-state index contributed by atoms with van der Waals surface area (Å²) in [4.78, 5) is 10.9. The van der Waals surface area contributed by atoms with Gasteiger partial charge in [-0.15, -0.1) is 0 Å². The molecule has 1 aromatic carbocycles. The van der Waals surface area contributed by atoms with E-state index in [-0.39, 0.29) is 12.3 Å². The van der Waals surface area contributed by atoms with Crippen LogP contribution in [0, 0.1) is 0 Å². The summed E-state index contributed by atoms with van der Waals surface area (Å²) in [6.45, 7) is 3.97. The fourth-order valence-corrected chi connectivity index (χ4v) is 2.22. The first-order valence-electron chi connectivity index (χ1n) is 5.57. The lowest BCUT2D eigenvalue weighted by atomic mass is 9.97. The quantitative estimate of drug-likeness (QED) is 0.895. The molecule has 0 atom stereocenters. The second-order valence-electron chi connectivity index (χ2n) is 4.22. The Morgan fingerprint density at radius 1 is 1.39 bits per heavy atom. The largest absolute Gasteiger partial charge is 0.493 e. The van der Waals surface area contributed by atoms with Gasteiger partial charge in [0.25, 0.3) is 0 Å². The van der Waals surface area contributed by atoms with Crippen LogP contribution in [0.3, 0.4) is 0 Å². The number of ether oxygens (including phenoxy) is 2. The Bertz CT molecular complexity index is 455. The van der Waals surface area contributed by atoms with Gasteiger partial charge in [-0.05, 0) is 17.5 Å². The van der Waals surface area contributed by atoms with Gasteiger partial charge < -0.3 is 14.6 Å². The highest BCUT2D eigenvalue weighted by atomic mass is 35.5. The molecule has 0 bridgehead atoms. The molecule has 0 aliphatic carbocycles. The summed E-state index contributed by atoms with van der Waals surface area (Å²) in [7, 11) is 2.98. The fourth-order valence-electron chi connectivity index (χ4n) is 1.80. The van der Waals surface area contributed by atoms with Crippen molar-refractivity contribution < 1.29 is 19.4 Å². The van der Waals surface area contributed by atoms with Crippen LogP contribution < -0.4 is 9.47 Å². The molecule has 0 spiro atoms. The third-order valence-corrected chi connectivity index (χ3v) is 3.12. The van der Waals surface area contributed by atoms with Crippen LogP contribution in [0.4, 0.5) is 0 Å². The van der Waals surface area contributed by atoms with Gasteiger partial charge in [0.1, 0.15) is 0 Å². The molecule has 0 aliphatic heterocycles. The van der Waals surface area contributed by atoms with Gasteiger partial charge in [0.2, 0.25) is 0 Å². The number of methoxy groups -OCH3 is 2. The van der Waals surface area contributed by atoms with Crippen LogP contribution in [0.5, 0.6) is 11.5 Å². The summed E-state index contributed by atoms with van der Waals surface area (Å²) in [6.07, 6.45) is -0.196. The Morgan fingerprint density at radius 3 is 2.39 bits per heavy atom. The average molecular weight is 273 g/mol. The summed E-state index contributed by atoms with van der Waals surface area (Å²) < 4.78 is 10.4. The molecule has 0 unspecified atom stereocenters. The maximum atomic E-state index is 10.9. The minimum absolute atomic E-state index is 0.171. The maximum absolute atomic E-state index is 10.9. The molecular formula is C13H17ClO4. The number of hydrogen-bond acceptors (Lipinski definition) is 3. The molecule has 4 nitrogen and oxygen atoms in total. The predicted octanol–water partition coefficient (Wildman–Crippen LogP) is 3.11. The van der Waals surface area contributed by atoms with E-state index in [9.17, 15) is 4.79 Å². The molecule has 0 amide bonds. The van der Waals surface area contributed by atoms with Gasteiger partial charge in [0, 0.05) is 5.56 Å². The highest BCUT2D eigenvalue weighted by molar-refractivity contribution is 6.32. The lowest BCUT2D eigenvalue weighted by Gasteiger charge is -2.18. The van der Waals surface area contributed by atoms with E-state index < -0.39 is 5.97 Å². The molecule has 0 aliphatic rings. The Kier molecular flexibility index (Phi) is 4.84. The average Bonchev–Trinajstić information content (AvgIpc) is 2.30. The zero-order valence-corrected chi connectivity index (χ0v) is 11.7. The van der Waals surface area contributed by atoms with Gasteiger partial charge in [-0.2, -0.15) is 0 Å². The lowest BCUT2D eigenvalue weighted by molar-refractivity contribution is -0.136. The molecule has 1 rings (SSSR count). The van der Waals surface area contributed by atoms with E-state index in [1.165, 1.54) is 14.2 Å². The second-order valence-corrected chi connectivity index (χ2v) is 4.60. The van der Waals surface area contributed by atoms with Crippen molar-refractivity contribution in [1.29, 1.82) is 0 Å². The molecular weight excluding hydrogens is 256 g/mol. The van der Waals surface area contributed by atoms with Crippen LogP contribution in [-0.4, -0.2) is 25.3 Å². The summed E-state index contributed by atoms with van der Waals surface area (Å²) in [6, 6.07) is 1.79. The zero-order chi connectivity index (χ0) is 13.9. The minimum atomic E-state index is -0.960. The molecule has 100 valence electrons. The van der Waals surface area contributed by atoms with Crippen LogP contribution in [0.2, 0.25) is 5.02 Å². The summed E-state index contributed by atoms with van der Waals surface area (Å²) >= 11 is 6.26. The van der Waals surface area contributed by atoms with Gasteiger partial charge in [-0.25, -0.2) is 0 Å². The SMILES string of the molecule is COc1cc(C(C)C)c(Cl)c(CC(=O)O)c1OC. The number of halogens is 1. The van der Waals surface area contributed by atoms with Gasteiger partial charge >= 0.3 is 5.97 Å². The van der Waals surface area contributed by atoms with Gasteiger partial charge in [-0.1, -0.05) is 25.4 Å². The van der Waals surface area contributed by atoms with E-state index in [4.69, 9.17) is 26.2 Å². The minimum Gasteiger partial charge on any atom is -0.493 e. The Hall–Kier alpha value is -1.42. The molecule has 5 heteroatoms. The highest BCUT2D eigenvalue weighted by Gasteiger charge is 2.21. The van der Waals surface area contributed by atoms with Gasteiger partial charge in [0.05, 0.1) is 25.7 Å². The number of carboxylic acids is 1. The monoisotopic (exact) mass is 272 g/mol. The van der Waals surface area contributed by atoms with Crippen molar-refractivity contribution in [3.8, 4) is 11.5 Å². The number of benzene rings is 1. The maximum Gasteiger partial charge on any atom is 0.308 e. The zero-order valence-electron chi connectivity index (χ0n) is 10.9. The lowest BCUT2D eigenvalue weighted by Crippen LogP contribution is -2.07. The Balaban J connectivity index is 3.50. The van der Waals surface area contributed by atoms with Crippen LogP contribution in [0.15, 0.2) is 6.07 Å². The van der Waals surface area contributed by atoms with Crippen LogP contribution in [0.1, 0.15) is 30.9 Å². The first kappa shape index (κ1) is 14.6. The molecule has 1 aromatic rings. The van der Waals surface area contributed by atoms with Crippen LogP contribution in [0.25, 0.3) is 0 Å². The summed E-state index contributed by atoms with van der Waals surface area (Å²) in [5.74, 6) is 0.0964. The molecule has 18 heavy (non-hydrogen) atoms. The van der Waals surface area contributed by atoms with Crippen molar-refractivity contribution in [2.45, 2.75) is 26.2 Å². The standard InChI is InChI=1S/C13H17ClO4/c1-7(2)8-5-10(17-3)13(18-4)9(12(8)14)6-11(15)16/h5,7H,6H2,1-4H3,(H,15,16). The highest BCUT2D eigenvalue weighted by Crippen LogP contribution is 2.41. The van der Waals surface area contributed by atoms with Crippen molar-refractivity contribution in [3.63, 3.8) is 0 Å². The molecule has 0 heterocycles. The van der Waals surface area contributed by atoms with Crippen molar-refractivity contribution in [2.75, 3.05) is 14.2 Å². The molecule has 1 N–H and O–H groups in total. The van der Waals surface area contributed by atoms with E-state index >= 15 is 0 Å². The van der Waals surface area contributed by atoms with Crippen molar-refractivity contribution in [3.05, 3.63) is 22.2 Å². The number of rotatable bonds is 5. The van der Waals surface area contributed by atoms with Crippen molar-refractivity contribution in [1.82, 2.24) is 0 Å². The molecule has 0 saturated carbocycles. The normalized spacial score (nSPS) is 10.6. The van der Waals surface area contributed by atoms with Crippen molar-refractivity contribution >= 4 is 17.6 Å². The Morgan fingerprint density at radius 2 is 2.00 bits per heavy atom. The number of hydrogen-bond donors (Lipinski definition) is 1. The van der Waals surface area contributed by atoms with Crippen molar-refractivity contribution in [2.24, 2.45) is 0 Å². The second kappa shape index (κ2) is 5.96. The van der Waals surface area contributed by atoms with Gasteiger partial charge in [-0.3, -0.25) is 4.79 Å². The molecule has 0 saturated heterocycles. The molecule has 0 fully saturated rings. The fraction of sp³-hybridized carbons (Fsp3) is 0.462. The number of carbonyl (C=O) groups is 1. The smallest absolute Gasteiger partial charge is 0.308 e.